The van der Waals surface area contributed by atoms with E-state index in [1.165, 1.54) is 12.1 Å². The Morgan fingerprint density at radius 3 is 2.52 bits per heavy atom. The van der Waals surface area contributed by atoms with Gasteiger partial charge in [0.25, 0.3) is 0 Å². The number of rotatable bonds is 6. The van der Waals surface area contributed by atoms with Crippen LogP contribution in [0.1, 0.15) is 44.0 Å². The minimum Gasteiger partial charge on any atom is -0.508 e. The van der Waals surface area contributed by atoms with Gasteiger partial charge < -0.3 is 20.8 Å². The van der Waals surface area contributed by atoms with Gasteiger partial charge in [0, 0.05) is 6.04 Å². The van der Waals surface area contributed by atoms with Crippen LogP contribution < -0.4 is 10.6 Å². The van der Waals surface area contributed by atoms with Crippen LogP contribution in [-0.4, -0.2) is 28.3 Å². The maximum atomic E-state index is 11.9. The lowest BCUT2D eigenvalue weighted by molar-refractivity contribution is 0.0697. The number of amides is 2. The molecule has 2 amide bonds. The highest BCUT2D eigenvalue weighted by molar-refractivity contribution is 6.00. The van der Waals surface area contributed by atoms with Gasteiger partial charge in [-0.15, -0.1) is 0 Å². The first-order valence-corrected chi connectivity index (χ1v) is 6.97. The highest BCUT2D eigenvalue weighted by Gasteiger charge is 2.15. The number of carbonyl (C=O) groups excluding carboxylic acids is 1. The van der Waals surface area contributed by atoms with E-state index in [0.717, 1.165) is 18.9 Å². The summed E-state index contributed by atoms with van der Waals surface area (Å²) in [6, 6.07) is 3.31. The summed E-state index contributed by atoms with van der Waals surface area (Å²) in [6.45, 7) is 6.10. The number of aromatic carboxylic acids is 1. The van der Waals surface area contributed by atoms with Gasteiger partial charge in [-0.25, -0.2) is 9.59 Å². The summed E-state index contributed by atoms with van der Waals surface area (Å²) in [4.78, 5) is 23.0. The zero-order valence-electron chi connectivity index (χ0n) is 12.5. The van der Waals surface area contributed by atoms with Gasteiger partial charge in [0.15, 0.2) is 0 Å². The highest BCUT2D eigenvalue weighted by atomic mass is 16.4. The molecule has 0 aliphatic carbocycles. The molecule has 0 saturated heterocycles. The first-order chi connectivity index (χ1) is 9.83. The minimum absolute atomic E-state index is 0.00894. The van der Waals surface area contributed by atoms with Crippen LogP contribution in [0.25, 0.3) is 0 Å². The Hall–Kier alpha value is -2.24. The molecule has 1 aromatic carbocycles. The predicted molar refractivity (Wildman–Crippen MR) is 80.8 cm³/mol. The summed E-state index contributed by atoms with van der Waals surface area (Å²) in [5, 5.41) is 23.6. The monoisotopic (exact) mass is 294 g/mol. The molecule has 0 spiro atoms. The Morgan fingerprint density at radius 2 is 1.95 bits per heavy atom. The molecule has 0 aliphatic heterocycles. The van der Waals surface area contributed by atoms with E-state index in [9.17, 15) is 14.7 Å². The molecule has 4 N–H and O–H groups in total. The van der Waals surface area contributed by atoms with Crippen molar-refractivity contribution < 1.29 is 19.8 Å². The molecule has 0 aromatic heterocycles. The van der Waals surface area contributed by atoms with Gasteiger partial charge in [-0.05, 0) is 37.5 Å². The fraction of sp³-hybridized carbons (Fsp3) is 0.467. The van der Waals surface area contributed by atoms with Crippen molar-refractivity contribution in [3.63, 3.8) is 0 Å². The van der Waals surface area contributed by atoms with Crippen molar-refractivity contribution in [2.45, 2.75) is 39.7 Å². The molecule has 0 fully saturated rings. The topological polar surface area (TPSA) is 98.7 Å². The Kier molecular flexibility index (Phi) is 6.02. The van der Waals surface area contributed by atoms with Gasteiger partial charge in [-0.3, -0.25) is 0 Å². The minimum atomic E-state index is -1.21. The molecule has 21 heavy (non-hydrogen) atoms. The summed E-state index contributed by atoms with van der Waals surface area (Å²) in [6.07, 6.45) is 1.89. The zero-order chi connectivity index (χ0) is 16.0. The van der Waals surface area contributed by atoms with Crippen LogP contribution in [0.2, 0.25) is 0 Å². The normalized spacial score (nSPS) is 13.3. The number of hydrogen-bond acceptors (Lipinski definition) is 3. The highest BCUT2D eigenvalue weighted by Crippen LogP contribution is 2.21. The molecule has 6 nitrogen and oxygen atoms in total. The lowest BCUT2D eigenvalue weighted by Gasteiger charge is -2.18. The van der Waals surface area contributed by atoms with Gasteiger partial charge in [0.05, 0.1) is 11.3 Å². The second-order valence-electron chi connectivity index (χ2n) is 5.28. The Balaban J connectivity index is 2.69. The number of carboxylic acid groups (broad SMARTS) is 1. The lowest BCUT2D eigenvalue weighted by Crippen LogP contribution is -2.37. The van der Waals surface area contributed by atoms with Crippen LogP contribution in [0.4, 0.5) is 10.5 Å². The number of urea groups is 1. The quantitative estimate of drug-likeness (QED) is 0.606. The number of phenols is 1. The van der Waals surface area contributed by atoms with Crippen molar-refractivity contribution in [3.05, 3.63) is 23.8 Å². The smallest absolute Gasteiger partial charge is 0.337 e. The molecule has 0 aliphatic rings. The third-order valence-electron chi connectivity index (χ3n) is 3.31. The summed E-state index contributed by atoms with van der Waals surface area (Å²) in [5.41, 5.74) is -0.00623. The molecule has 0 radical (unpaired) electrons. The fourth-order valence-corrected chi connectivity index (χ4v) is 2.03. The van der Waals surface area contributed by atoms with Crippen LogP contribution >= 0.6 is 0 Å². The van der Waals surface area contributed by atoms with Crippen LogP contribution in [0, 0.1) is 5.92 Å². The molecule has 1 rings (SSSR count). The second kappa shape index (κ2) is 7.52. The third kappa shape index (κ3) is 5.33. The third-order valence-corrected chi connectivity index (χ3v) is 3.31. The molecular weight excluding hydrogens is 272 g/mol. The Labute approximate surface area is 124 Å². The van der Waals surface area contributed by atoms with Crippen LogP contribution in [0.5, 0.6) is 5.75 Å². The van der Waals surface area contributed by atoms with Gasteiger partial charge in [0.2, 0.25) is 0 Å². The van der Waals surface area contributed by atoms with Crippen LogP contribution in [0.3, 0.4) is 0 Å². The molecule has 2 atom stereocenters. The van der Waals surface area contributed by atoms with Gasteiger partial charge in [0.1, 0.15) is 5.75 Å². The molecule has 6 heteroatoms. The van der Waals surface area contributed by atoms with E-state index in [0.29, 0.717) is 5.92 Å². The second-order valence-corrected chi connectivity index (χ2v) is 5.28. The number of carboxylic acids is 1. The van der Waals surface area contributed by atoms with E-state index in [4.69, 9.17) is 5.11 Å². The van der Waals surface area contributed by atoms with Gasteiger partial charge in [-0.1, -0.05) is 20.3 Å². The predicted octanol–water partition coefficient (Wildman–Crippen LogP) is 3.04. The van der Waals surface area contributed by atoms with Gasteiger partial charge >= 0.3 is 12.0 Å². The average molecular weight is 294 g/mol. The number of benzene rings is 1. The number of nitrogens with one attached hydrogen (secondary N) is 2. The summed E-state index contributed by atoms with van der Waals surface area (Å²) in [5.74, 6) is -0.874. The summed E-state index contributed by atoms with van der Waals surface area (Å²) >= 11 is 0. The molecule has 1 aromatic rings. The van der Waals surface area contributed by atoms with E-state index in [2.05, 4.69) is 24.5 Å². The van der Waals surface area contributed by atoms with Crippen LogP contribution in [0.15, 0.2) is 18.2 Å². The number of anilines is 1. The maximum absolute atomic E-state index is 11.9. The fourth-order valence-electron chi connectivity index (χ4n) is 2.03. The number of carbonyl (C=O) groups is 2. The first-order valence-electron chi connectivity index (χ1n) is 6.97. The van der Waals surface area contributed by atoms with Crippen molar-refractivity contribution in [1.29, 1.82) is 0 Å². The molecule has 116 valence electrons. The summed E-state index contributed by atoms with van der Waals surface area (Å²) < 4.78 is 0. The zero-order valence-corrected chi connectivity index (χ0v) is 12.5. The molecule has 0 heterocycles. The van der Waals surface area contributed by atoms with Crippen molar-refractivity contribution in [2.24, 2.45) is 5.92 Å². The lowest BCUT2D eigenvalue weighted by atomic mass is 10.0. The Morgan fingerprint density at radius 1 is 1.29 bits per heavy atom. The van der Waals surface area contributed by atoms with E-state index in [-0.39, 0.29) is 23.0 Å². The summed E-state index contributed by atoms with van der Waals surface area (Å²) in [7, 11) is 0. The molecule has 0 saturated carbocycles. The van der Waals surface area contributed by atoms with Crippen molar-refractivity contribution in [2.75, 3.05) is 5.32 Å². The van der Waals surface area contributed by atoms with E-state index >= 15 is 0 Å². The average Bonchev–Trinajstić information content (AvgIpc) is 2.40. The number of aromatic hydroxyl groups is 1. The number of phenolic OH excluding ortho intramolecular Hbond substituents is 1. The van der Waals surface area contributed by atoms with E-state index in [1.807, 2.05) is 6.92 Å². The van der Waals surface area contributed by atoms with Crippen molar-refractivity contribution >= 4 is 17.7 Å². The molecule has 2 unspecified atom stereocenters. The molecule has 0 bridgehead atoms. The Bertz CT molecular complexity index is 516. The molecular formula is C15H22N2O4. The van der Waals surface area contributed by atoms with E-state index < -0.39 is 12.0 Å². The number of hydrogen-bond donors (Lipinski definition) is 4. The first kappa shape index (κ1) is 16.8. The van der Waals surface area contributed by atoms with Crippen molar-refractivity contribution in [1.82, 2.24) is 5.32 Å². The van der Waals surface area contributed by atoms with E-state index in [1.54, 1.807) is 0 Å². The van der Waals surface area contributed by atoms with Crippen molar-refractivity contribution in [3.8, 4) is 5.75 Å². The largest absolute Gasteiger partial charge is 0.508 e. The van der Waals surface area contributed by atoms with Gasteiger partial charge in [-0.2, -0.15) is 0 Å². The standard InChI is InChI=1S/C15H22N2O4/c1-4-9(2)7-10(3)16-15(21)17-13-6-5-11(18)8-12(13)14(19)20/h5-6,8-10,18H,4,7H2,1-3H3,(H,19,20)(H2,16,17,21). The SMILES string of the molecule is CCC(C)CC(C)NC(=O)Nc1ccc(O)cc1C(=O)O. The maximum Gasteiger partial charge on any atom is 0.337 e. The van der Waals surface area contributed by atoms with Crippen LogP contribution in [-0.2, 0) is 0 Å².